The molecule has 1 atom stereocenters. The maximum absolute atomic E-state index is 5.63. The van der Waals surface area contributed by atoms with Crippen molar-refractivity contribution >= 4 is 0 Å². The quantitative estimate of drug-likeness (QED) is 0.835. The first-order valence-corrected chi connectivity index (χ1v) is 5.48. The Kier molecular flexibility index (Phi) is 3.31. The molecule has 0 saturated carbocycles. The van der Waals surface area contributed by atoms with Crippen LogP contribution < -0.4 is 15.2 Å². The fourth-order valence-corrected chi connectivity index (χ4v) is 2.00. The summed E-state index contributed by atoms with van der Waals surface area (Å²) in [6.45, 7) is 1.000. The molecular formula is C12H18N2O2. The highest BCUT2D eigenvalue weighted by Crippen LogP contribution is 2.35. The van der Waals surface area contributed by atoms with Crippen molar-refractivity contribution in [3.05, 3.63) is 23.8 Å². The molecule has 16 heavy (non-hydrogen) atoms. The molecule has 0 aliphatic carbocycles. The summed E-state index contributed by atoms with van der Waals surface area (Å²) in [5.74, 6) is 1.66. The highest BCUT2D eigenvalue weighted by Gasteiger charge is 2.18. The van der Waals surface area contributed by atoms with Gasteiger partial charge in [0.25, 0.3) is 0 Å². The van der Waals surface area contributed by atoms with E-state index in [2.05, 4.69) is 25.1 Å². The van der Waals surface area contributed by atoms with Gasteiger partial charge in [0.05, 0.1) is 0 Å². The van der Waals surface area contributed by atoms with Gasteiger partial charge in [0.2, 0.25) is 6.79 Å². The summed E-state index contributed by atoms with van der Waals surface area (Å²) in [4.78, 5) is 2.17. The van der Waals surface area contributed by atoms with Gasteiger partial charge in [-0.3, -0.25) is 0 Å². The number of hydrogen-bond acceptors (Lipinski definition) is 4. The topological polar surface area (TPSA) is 47.7 Å². The van der Waals surface area contributed by atoms with Gasteiger partial charge in [0.1, 0.15) is 0 Å². The molecule has 1 aliphatic rings. The molecular weight excluding hydrogens is 204 g/mol. The van der Waals surface area contributed by atoms with Gasteiger partial charge in [0, 0.05) is 6.04 Å². The fourth-order valence-electron chi connectivity index (χ4n) is 2.00. The van der Waals surface area contributed by atoms with Crippen LogP contribution in [-0.2, 0) is 0 Å². The van der Waals surface area contributed by atoms with Crippen molar-refractivity contribution in [2.24, 2.45) is 5.73 Å². The highest BCUT2D eigenvalue weighted by atomic mass is 16.7. The van der Waals surface area contributed by atoms with Gasteiger partial charge in [-0.2, -0.15) is 0 Å². The largest absolute Gasteiger partial charge is 0.454 e. The molecule has 0 amide bonds. The van der Waals surface area contributed by atoms with E-state index in [1.165, 1.54) is 5.56 Å². The zero-order valence-electron chi connectivity index (χ0n) is 9.77. The van der Waals surface area contributed by atoms with Crippen molar-refractivity contribution in [1.82, 2.24) is 4.90 Å². The Morgan fingerprint density at radius 1 is 1.31 bits per heavy atom. The minimum atomic E-state index is 0.322. The number of hydrogen-bond donors (Lipinski definition) is 1. The average molecular weight is 222 g/mol. The van der Waals surface area contributed by atoms with Crippen LogP contribution in [0, 0.1) is 0 Å². The van der Waals surface area contributed by atoms with Crippen molar-refractivity contribution in [2.45, 2.75) is 12.5 Å². The van der Waals surface area contributed by atoms with E-state index in [1.807, 2.05) is 12.1 Å². The normalized spacial score (nSPS) is 15.5. The van der Waals surface area contributed by atoms with Gasteiger partial charge in [-0.1, -0.05) is 6.07 Å². The van der Waals surface area contributed by atoms with E-state index < -0.39 is 0 Å². The molecule has 0 radical (unpaired) electrons. The van der Waals surface area contributed by atoms with Crippen LogP contribution in [0.1, 0.15) is 18.0 Å². The Balaban J connectivity index is 2.24. The van der Waals surface area contributed by atoms with Crippen molar-refractivity contribution in [1.29, 1.82) is 0 Å². The molecule has 1 heterocycles. The van der Waals surface area contributed by atoms with E-state index >= 15 is 0 Å². The van der Waals surface area contributed by atoms with Crippen molar-refractivity contribution in [3.8, 4) is 11.5 Å². The summed E-state index contributed by atoms with van der Waals surface area (Å²) in [7, 11) is 4.12. The second kappa shape index (κ2) is 4.72. The molecule has 0 aromatic heterocycles. The standard InChI is InChI=1S/C12H18N2O2/c1-14(2)10(5-6-13)9-3-4-11-12(7-9)16-8-15-11/h3-4,7,10H,5-6,8,13H2,1-2H3. The second-order valence-corrected chi connectivity index (χ2v) is 4.17. The molecule has 1 aliphatic heterocycles. The summed E-state index contributed by atoms with van der Waals surface area (Å²) in [5, 5.41) is 0. The molecule has 1 aromatic carbocycles. The number of nitrogens with zero attached hydrogens (tertiary/aromatic N) is 1. The first kappa shape index (κ1) is 11.2. The number of benzene rings is 1. The SMILES string of the molecule is CN(C)C(CCN)c1ccc2c(c1)OCO2. The van der Waals surface area contributed by atoms with E-state index in [-0.39, 0.29) is 0 Å². The number of rotatable bonds is 4. The summed E-state index contributed by atoms with van der Waals surface area (Å²) < 4.78 is 10.7. The van der Waals surface area contributed by atoms with Gasteiger partial charge in [0.15, 0.2) is 11.5 Å². The van der Waals surface area contributed by atoms with Crippen LogP contribution in [0.2, 0.25) is 0 Å². The number of fused-ring (bicyclic) bond motifs is 1. The van der Waals surface area contributed by atoms with Crippen LogP contribution in [0.3, 0.4) is 0 Å². The van der Waals surface area contributed by atoms with Crippen LogP contribution in [0.15, 0.2) is 18.2 Å². The lowest BCUT2D eigenvalue weighted by Crippen LogP contribution is -2.22. The predicted molar refractivity (Wildman–Crippen MR) is 62.7 cm³/mol. The molecule has 1 unspecified atom stereocenters. The summed E-state index contributed by atoms with van der Waals surface area (Å²) in [6, 6.07) is 6.42. The van der Waals surface area contributed by atoms with E-state index in [9.17, 15) is 0 Å². The monoisotopic (exact) mass is 222 g/mol. The third-order valence-corrected chi connectivity index (χ3v) is 2.84. The summed E-state index contributed by atoms with van der Waals surface area (Å²) in [5.41, 5.74) is 6.86. The molecule has 2 N–H and O–H groups in total. The van der Waals surface area contributed by atoms with Crippen molar-refractivity contribution < 1.29 is 9.47 Å². The van der Waals surface area contributed by atoms with Gasteiger partial charge in [-0.25, -0.2) is 0 Å². The lowest BCUT2D eigenvalue weighted by Gasteiger charge is -2.24. The Bertz CT molecular complexity index is 366. The van der Waals surface area contributed by atoms with Crippen LogP contribution in [0.5, 0.6) is 11.5 Å². The number of nitrogens with two attached hydrogens (primary N) is 1. The molecule has 0 saturated heterocycles. The first-order chi connectivity index (χ1) is 7.72. The summed E-state index contributed by atoms with van der Waals surface area (Å²) in [6.07, 6.45) is 0.937. The molecule has 1 aromatic rings. The second-order valence-electron chi connectivity index (χ2n) is 4.17. The third kappa shape index (κ3) is 2.13. The molecule has 0 fully saturated rings. The van der Waals surface area contributed by atoms with Gasteiger partial charge in [-0.05, 0) is 44.8 Å². The molecule has 0 spiro atoms. The van der Waals surface area contributed by atoms with Crippen LogP contribution in [0.25, 0.3) is 0 Å². The molecule has 4 heteroatoms. The minimum Gasteiger partial charge on any atom is -0.454 e. The molecule has 4 nitrogen and oxygen atoms in total. The highest BCUT2D eigenvalue weighted by molar-refractivity contribution is 5.45. The Morgan fingerprint density at radius 3 is 2.75 bits per heavy atom. The predicted octanol–water partition coefficient (Wildman–Crippen LogP) is 1.37. The van der Waals surface area contributed by atoms with E-state index in [1.54, 1.807) is 0 Å². The van der Waals surface area contributed by atoms with Crippen molar-refractivity contribution in [2.75, 3.05) is 27.4 Å². The van der Waals surface area contributed by atoms with Gasteiger partial charge < -0.3 is 20.1 Å². The Hall–Kier alpha value is -1.26. The molecule has 88 valence electrons. The number of ether oxygens (including phenoxy) is 2. The van der Waals surface area contributed by atoms with Crippen molar-refractivity contribution in [3.63, 3.8) is 0 Å². The third-order valence-electron chi connectivity index (χ3n) is 2.84. The Labute approximate surface area is 95.9 Å². The zero-order chi connectivity index (χ0) is 11.5. The fraction of sp³-hybridized carbons (Fsp3) is 0.500. The minimum absolute atomic E-state index is 0.322. The average Bonchev–Trinajstić information content (AvgIpc) is 2.72. The lowest BCUT2D eigenvalue weighted by atomic mass is 10.0. The maximum atomic E-state index is 5.63. The first-order valence-electron chi connectivity index (χ1n) is 5.48. The lowest BCUT2D eigenvalue weighted by molar-refractivity contribution is 0.174. The summed E-state index contributed by atoms with van der Waals surface area (Å²) >= 11 is 0. The molecule has 2 rings (SSSR count). The Morgan fingerprint density at radius 2 is 2.06 bits per heavy atom. The zero-order valence-corrected chi connectivity index (χ0v) is 9.77. The van der Waals surface area contributed by atoms with E-state index in [4.69, 9.17) is 15.2 Å². The van der Waals surface area contributed by atoms with Crippen LogP contribution in [0.4, 0.5) is 0 Å². The van der Waals surface area contributed by atoms with Crippen LogP contribution in [-0.4, -0.2) is 32.3 Å². The van der Waals surface area contributed by atoms with E-state index in [0.29, 0.717) is 19.4 Å². The van der Waals surface area contributed by atoms with E-state index in [0.717, 1.165) is 17.9 Å². The molecule has 0 bridgehead atoms. The van der Waals surface area contributed by atoms with Gasteiger partial charge in [-0.15, -0.1) is 0 Å². The van der Waals surface area contributed by atoms with Gasteiger partial charge >= 0.3 is 0 Å². The smallest absolute Gasteiger partial charge is 0.231 e. The maximum Gasteiger partial charge on any atom is 0.231 e. The van der Waals surface area contributed by atoms with Crippen LogP contribution >= 0.6 is 0 Å².